The fourth-order valence-corrected chi connectivity index (χ4v) is 1.99. The Morgan fingerprint density at radius 3 is 2.52 bits per heavy atom. The van der Waals surface area contributed by atoms with Crippen LogP contribution < -0.4 is 5.32 Å². The minimum absolute atomic E-state index is 0.0466. The van der Waals surface area contributed by atoms with Crippen molar-refractivity contribution in [2.45, 2.75) is 6.92 Å². The molecule has 0 atom stereocenters. The van der Waals surface area contributed by atoms with Crippen LogP contribution in [-0.2, 0) is 0 Å². The molecule has 0 bridgehead atoms. The normalized spacial score (nSPS) is 10.6. The van der Waals surface area contributed by atoms with Gasteiger partial charge in [0.15, 0.2) is 11.5 Å². The molecule has 2 aromatic carbocycles. The highest BCUT2D eigenvalue weighted by Crippen LogP contribution is 2.23. The van der Waals surface area contributed by atoms with Gasteiger partial charge >= 0.3 is 0 Å². The molecule has 0 unspecified atom stereocenters. The quantitative estimate of drug-likeness (QED) is 0.789. The number of carbonyl (C=O) groups is 1. The predicted octanol–water partition coefficient (Wildman–Crippen LogP) is 4.18. The van der Waals surface area contributed by atoms with E-state index in [-0.39, 0.29) is 17.3 Å². The molecule has 116 valence electrons. The molecule has 0 aliphatic rings. The Balaban J connectivity index is 1.79. The summed E-state index contributed by atoms with van der Waals surface area (Å²) in [4.78, 5) is 12.1. The summed E-state index contributed by atoms with van der Waals surface area (Å²) in [7, 11) is 0. The van der Waals surface area contributed by atoms with Crippen molar-refractivity contribution in [2.75, 3.05) is 5.32 Å². The molecular weight excluding hydrogens is 302 g/mol. The Labute approximate surface area is 130 Å². The number of hydrogen-bond acceptors (Lipinski definition) is 3. The first-order chi connectivity index (χ1) is 11.0. The first kappa shape index (κ1) is 14.9. The van der Waals surface area contributed by atoms with Crippen molar-refractivity contribution in [1.29, 1.82) is 0 Å². The lowest BCUT2D eigenvalue weighted by Gasteiger charge is -2.01. The molecule has 1 amide bonds. The van der Waals surface area contributed by atoms with Crippen LogP contribution in [0.2, 0.25) is 0 Å². The second kappa shape index (κ2) is 6.00. The van der Waals surface area contributed by atoms with Crippen LogP contribution in [0, 0.1) is 18.6 Å². The Kier molecular flexibility index (Phi) is 3.89. The summed E-state index contributed by atoms with van der Waals surface area (Å²) in [5, 5.41) is 6.24. The van der Waals surface area contributed by atoms with Crippen LogP contribution in [0.3, 0.4) is 0 Å². The summed E-state index contributed by atoms with van der Waals surface area (Å²) >= 11 is 0. The summed E-state index contributed by atoms with van der Waals surface area (Å²) in [6.07, 6.45) is 0. The molecule has 4 nitrogen and oxygen atoms in total. The smallest absolute Gasteiger partial charge is 0.277 e. The molecule has 0 fully saturated rings. The van der Waals surface area contributed by atoms with E-state index < -0.39 is 11.7 Å². The van der Waals surface area contributed by atoms with Crippen LogP contribution >= 0.6 is 0 Å². The molecule has 0 radical (unpaired) electrons. The van der Waals surface area contributed by atoms with Gasteiger partial charge in [-0.2, -0.15) is 0 Å². The Morgan fingerprint density at radius 2 is 1.83 bits per heavy atom. The van der Waals surface area contributed by atoms with Gasteiger partial charge in [-0.25, -0.2) is 8.78 Å². The van der Waals surface area contributed by atoms with Gasteiger partial charge < -0.3 is 9.84 Å². The maximum Gasteiger partial charge on any atom is 0.277 e. The van der Waals surface area contributed by atoms with Crippen LogP contribution in [-0.4, -0.2) is 11.1 Å². The maximum atomic E-state index is 13.6. The van der Waals surface area contributed by atoms with Crippen LogP contribution in [0.15, 0.2) is 53.1 Å². The highest BCUT2D eigenvalue weighted by atomic mass is 19.1. The van der Waals surface area contributed by atoms with Gasteiger partial charge in [0.1, 0.15) is 11.6 Å². The van der Waals surface area contributed by atoms with Gasteiger partial charge in [0, 0.05) is 17.3 Å². The monoisotopic (exact) mass is 314 g/mol. The molecule has 0 spiro atoms. The Bertz CT molecular complexity index is 857. The summed E-state index contributed by atoms with van der Waals surface area (Å²) in [6.45, 7) is 1.65. The number of halogens is 2. The molecule has 3 rings (SSSR count). The van der Waals surface area contributed by atoms with Crippen molar-refractivity contribution in [3.8, 4) is 11.3 Å². The van der Waals surface area contributed by atoms with Crippen LogP contribution in [0.1, 0.15) is 16.1 Å². The minimum atomic E-state index is -0.501. The van der Waals surface area contributed by atoms with Crippen molar-refractivity contribution in [3.05, 3.63) is 71.4 Å². The van der Waals surface area contributed by atoms with Crippen LogP contribution in [0.4, 0.5) is 14.5 Å². The van der Waals surface area contributed by atoms with Gasteiger partial charge in [0.25, 0.3) is 5.91 Å². The molecular formula is C17H12F2N2O2. The van der Waals surface area contributed by atoms with Crippen molar-refractivity contribution >= 4 is 11.6 Å². The number of hydrogen-bond donors (Lipinski definition) is 1. The maximum absolute atomic E-state index is 13.6. The predicted molar refractivity (Wildman–Crippen MR) is 81.0 cm³/mol. The summed E-state index contributed by atoms with van der Waals surface area (Å²) < 4.78 is 31.5. The summed E-state index contributed by atoms with van der Waals surface area (Å²) in [6, 6.07) is 11.4. The molecule has 0 saturated carbocycles. The second-order valence-corrected chi connectivity index (χ2v) is 5.00. The average Bonchev–Trinajstić information content (AvgIpc) is 3.02. The minimum Gasteiger partial charge on any atom is -0.355 e. The van der Waals surface area contributed by atoms with Crippen molar-refractivity contribution in [2.24, 2.45) is 0 Å². The lowest BCUT2D eigenvalue weighted by atomic mass is 10.1. The zero-order chi connectivity index (χ0) is 16.4. The highest BCUT2D eigenvalue weighted by Gasteiger charge is 2.14. The molecule has 1 N–H and O–H groups in total. The molecule has 0 aliphatic carbocycles. The number of anilines is 1. The molecule has 23 heavy (non-hydrogen) atoms. The van der Waals surface area contributed by atoms with Gasteiger partial charge in [-0.3, -0.25) is 4.79 Å². The SMILES string of the molecule is Cc1ccc(-c2cc(C(=O)Nc3ccc(F)cc3)no2)cc1F. The topological polar surface area (TPSA) is 55.1 Å². The van der Waals surface area contributed by atoms with E-state index in [2.05, 4.69) is 10.5 Å². The zero-order valence-corrected chi connectivity index (χ0v) is 12.1. The Morgan fingerprint density at radius 1 is 1.09 bits per heavy atom. The lowest BCUT2D eigenvalue weighted by Crippen LogP contribution is -2.12. The number of aromatic nitrogens is 1. The van der Waals surface area contributed by atoms with Gasteiger partial charge in [-0.15, -0.1) is 0 Å². The van der Waals surface area contributed by atoms with Gasteiger partial charge in [-0.1, -0.05) is 17.3 Å². The molecule has 6 heteroatoms. The van der Waals surface area contributed by atoms with E-state index in [1.54, 1.807) is 19.1 Å². The van der Waals surface area contributed by atoms with E-state index in [9.17, 15) is 13.6 Å². The molecule has 1 heterocycles. The van der Waals surface area contributed by atoms with Crippen molar-refractivity contribution < 1.29 is 18.1 Å². The zero-order valence-electron chi connectivity index (χ0n) is 12.1. The molecule has 0 aliphatic heterocycles. The number of nitrogens with one attached hydrogen (secondary N) is 1. The fraction of sp³-hybridized carbons (Fsp3) is 0.0588. The number of rotatable bonds is 3. The summed E-state index contributed by atoms with van der Waals surface area (Å²) in [5.74, 6) is -0.975. The van der Waals surface area contributed by atoms with Gasteiger partial charge in [0.2, 0.25) is 0 Å². The number of carbonyl (C=O) groups excluding carboxylic acids is 1. The van der Waals surface area contributed by atoms with E-state index in [0.29, 0.717) is 16.8 Å². The third kappa shape index (κ3) is 3.26. The third-order valence-corrected chi connectivity index (χ3v) is 3.30. The van der Waals surface area contributed by atoms with Crippen molar-refractivity contribution in [1.82, 2.24) is 5.16 Å². The molecule has 1 aromatic heterocycles. The van der Waals surface area contributed by atoms with Crippen LogP contribution in [0.5, 0.6) is 0 Å². The van der Waals surface area contributed by atoms with Crippen LogP contribution in [0.25, 0.3) is 11.3 Å². The molecule has 0 saturated heterocycles. The second-order valence-electron chi connectivity index (χ2n) is 5.00. The van der Waals surface area contributed by atoms with E-state index >= 15 is 0 Å². The van der Waals surface area contributed by atoms with E-state index in [1.165, 1.54) is 36.4 Å². The van der Waals surface area contributed by atoms with E-state index in [4.69, 9.17) is 4.52 Å². The van der Waals surface area contributed by atoms with Gasteiger partial charge in [-0.05, 0) is 42.8 Å². The average molecular weight is 314 g/mol. The number of amides is 1. The first-order valence-corrected chi connectivity index (χ1v) is 6.83. The standard InChI is InChI=1S/C17H12F2N2O2/c1-10-2-3-11(8-14(10)19)16-9-15(21-23-16)17(22)20-13-6-4-12(18)5-7-13/h2-9H,1H3,(H,20,22). The lowest BCUT2D eigenvalue weighted by molar-refractivity contribution is 0.101. The molecule has 3 aromatic rings. The van der Waals surface area contributed by atoms with E-state index in [0.717, 1.165) is 0 Å². The van der Waals surface area contributed by atoms with E-state index in [1.807, 2.05) is 0 Å². The van der Waals surface area contributed by atoms with Crippen molar-refractivity contribution in [3.63, 3.8) is 0 Å². The van der Waals surface area contributed by atoms with Gasteiger partial charge in [0.05, 0.1) is 0 Å². The number of nitrogens with zero attached hydrogens (tertiary/aromatic N) is 1. The fourth-order valence-electron chi connectivity index (χ4n) is 1.99. The third-order valence-electron chi connectivity index (χ3n) is 3.30. The highest BCUT2D eigenvalue weighted by molar-refractivity contribution is 6.03. The number of benzene rings is 2. The summed E-state index contributed by atoms with van der Waals surface area (Å²) in [5.41, 5.74) is 1.48. The largest absolute Gasteiger partial charge is 0.355 e. The first-order valence-electron chi connectivity index (χ1n) is 6.83. The Hall–Kier alpha value is -3.02. The number of aryl methyl sites for hydroxylation is 1.